The largest absolute Gasteiger partial charge is 0.378 e. The number of rotatable bonds is 4. The number of methoxy groups -OCH3 is 1. The molecule has 1 fully saturated rings. The highest BCUT2D eigenvalue weighted by atomic mass is 16.5. The third kappa shape index (κ3) is 2.48. The Morgan fingerprint density at radius 3 is 3.12 bits per heavy atom. The van der Waals surface area contributed by atoms with Crippen LogP contribution >= 0.6 is 0 Å². The van der Waals surface area contributed by atoms with Gasteiger partial charge in [-0.3, -0.25) is 0 Å². The van der Waals surface area contributed by atoms with E-state index >= 15 is 0 Å². The standard InChI is InChI=1S/C11H18N4O/c1-3-8-4-11(14-7-13-8)15-9-5-12-6-10(9)16-2/h4,7,9-10,12H,3,5-6H2,1-2H3,(H,13,14,15). The number of hydrogen-bond acceptors (Lipinski definition) is 5. The molecule has 0 amide bonds. The summed E-state index contributed by atoms with van der Waals surface area (Å²) in [6.07, 6.45) is 2.74. The van der Waals surface area contributed by atoms with Crippen LogP contribution in [-0.4, -0.2) is 42.3 Å². The van der Waals surface area contributed by atoms with Crippen molar-refractivity contribution < 1.29 is 4.74 Å². The van der Waals surface area contributed by atoms with E-state index in [1.54, 1.807) is 13.4 Å². The highest BCUT2D eigenvalue weighted by Gasteiger charge is 2.26. The second kappa shape index (κ2) is 5.23. The van der Waals surface area contributed by atoms with Gasteiger partial charge in [0.15, 0.2) is 0 Å². The second-order valence-corrected chi connectivity index (χ2v) is 3.93. The lowest BCUT2D eigenvalue weighted by Crippen LogP contribution is -2.33. The lowest BCUT2D eigenvalue weighted by Gasteiger charge is -2.19. The first kappa shape index (κ1) is 11.3. The van der Waals surface area contributed by atoms with E-state index in [2.05, 4.69) is 27.5 Å². The van der Waals surface area contributed by atoms with E-state index in [1.807, 2.05) is 6.07 Å². The van der Waals surface area contributed by atoms with Crippen molar-refractivity contribution in [3.8, 4) is 0 Å². The first-order valence-corrected chi connectivity index (χ1v) is 5.64. The van der Waals surface area contributed by atoms with Crippen molar-refractivity contribution in [2.24, 2.45) is 0 Å². The molecule has 1 aliphatic rings. The molecule has 2 unspecified atom stereocenters. The molecular weight excluding hydrogens is 204 g/mol. The van der Waals surface area contributed by atoms with Crippen molar-refractivity contribution in [3.05, 3.63) is 18.1 Å². The molecule has 2 N–H and O–H groups in total. The molecule has 0 saturated carbocycles. The zero-order valence-corrected chi connectivity index (χ0v) is 9.73. The van der Waals surface area contributed by atoms with Crippen molar-refractivity contribution in [3.63, 3.8) is 0 Å². The molecule has 1 saturated heterocycles. The molecule has 0 aliphatic carbocycles. The zero-order valence-electron chi connectivity index (χ0n) is 9.73. The van der Waals surface area contributed by atoms with Gasteiger partial charge in [0, 0.05) is 32.0 Å². The number of aryl methyl sites for hydroxylation is 1. The number of aromatic nitrogens is 2. The predicted octanol–water partition coefficient (Wildman–Crippen LogP) is 0.438. The Balaban J connectivity index is 2.02. The Morgan fingerprint density at radius 2 is 2.38 bits per heavy atom. The van der Waals surface area contributed by atoms with Gasteiger partial charge in [-0.15, -0.1) is 0 Å². The topological polar surface area (TPSA) is 59.1 Å². The monoisotopic (exact) mass is 222 g/mol. The van der Waals surface area contributed by atoms with Crippen molar-refractivity contribution in [2.75, 3.05) is 25.5 Å². The van der Waals surface area contributed by atoms with E-state index in [0.29, 0.717) is 0 Å². The average Bonchev–Trinajstić information content (AvgIpc) is 2.76. The van der Waals surface area contributed by atoms with Gasteiger partial charge in [-0.2, -0.15) is 0 Å². The highest BCUT2D eigenvalue weighted by Crippen LogP contribution is 2.11. The lowest BCUT2D eigenvalue weighted by molar-refractivity contribution is 0.111. The van der Waals surface area contributed by atoms with Gasteiger partial charge in [0.05, 0.1) is 12.1 Å². The Hall–Kier alpha value is -1.20. The van der Waals surface area contributed by atoms with E-state index in [0.717, 1.165) is 31.0 Å². The summed E-state index contributed by atoms with van der Waals surface area (Å²) < 4.78 is 5.38. The molecule has 88 valence electrons. The van der Waals surface area contributed by atoms with Gasteiger partial charge in [0.1, 0.15) is 12.1 Å². The Kier molecular flexibility index (Phi) is 3.69. The summed E-state index contributed by atoms with van der Waals surface area (Å²) in [6.45, 7) is 3.88. The number of ether oxygens (including phenoxy) is 1. The van der Waals surface area contributed by atoms with Crippen LogP contribution in [0.25, 0.3) is 0 Å². The normalized spacial score (nSPS) is 24.6. The third-order valence-electron chi connectivity index (χ3n) is 2.88. The Labute approximate surface area is 95.6 Å². The molecule has 1 aromatic heterocycles. The first-order valence-electron chi connectivity index (χ1n) is 5.64. The molecule has 0 spiro atoms. The fourth-order valence-corrected chi connectivity index (χ4v) is 1.91. The van der Waals surface area contributed by atoms with Crippen LogP contribution in [0.1, 0.15) is 12.6 Å². The van der Waals surface area contributed by atoms with Crippen LogP contribution in [0.15, 0.2) is 12.4 Å². The molecule has 5 heteroatoms. The molecule has 0 bridgehead atoms. The van der Waals surface area contributed by atoms with Gasteiger partial charge < -0.3 is 15.4 Å². The molecule has 2 atom stereocenters. The van der Waals surface area contributed by atoms with E-state index in [9.17, 15) is 0 Å². The summed E-state index contributed by atoms with van der Waals surface area (Å²) in [7, 11) is 1.74. The smallest absolute Gasteiger partial charge is 0.129 e. The van der Waals surface area contributed by atoms with Crippen LogP contribution in [-0.2, 0) is 11.2 Å². The fourth-order valence-electron chi connectivity index (χ4n) is 1.91. The zero-order chi connectivity index (χ0) is 11.4. The molecule has 1 aromatic rings. The number of nitrogens with zero attached hydrogens (tertiary/aromatic N) is 2. The SMILES string of the molecule is CCc1cc(NC2CNCC2OC)ncn1. The minimum absolute atomic E-state index is 0.208. The van der Waals surface area contributed by atoms with E-state index < -0.39 is 0 Å². The molecule has 1 aliphatic heterocycles. The first-order chi connectivity index (χ1) is 7.83. The van der Waals surface area contributed by atoms with Gasteiger partial charge in [0.25, 0.3) is 0 Å². The second-order valence-electron chi connectivity index (χ2n) is 3.93. The Bertz CT molecular complexity index is 345. The van der Waals surface area contributed by atoms with E-state index in [4.69, 9.17) is 4.74 Å². The molecule has 2 heterocycles. The van der Waals surface area contributed by atoms with Gasteiger partial charge in [-0.1, -0.05) is 6.92 Å². The molecule has 2 rings (SSSR count). The van der Waals surface area contributed by atoms with Crippen molar-refractivity contribution in [2.45, 2.75) is 25.5 Å². The third-order valence-corrected chi connectivity index (χ3v) is 2.88. The molecule has 5 nitrogen and oxygen atoms in total. The minimum atomic E-state index is 0.208. The Morgan fingerprint density at radius 1 is 1.50 bits per heavy atom. The van der Waals surface area contributed by atoms with Crippen molar-refractivity contribution in [1.82, 2.24) is 15.3 Å². The van der Waals surface area contributed by atoms with Crippen LogP contribution in [0.4, 0.5) is 5.82 Å². The predicted molar refractivity (Wildman–Crippen MR) is 62.5 cm³/mol. The summed E-state index contributed by atoms with van der Waals surface area (Å²) in [6, 6.07) is 2.27. The number of nitrogens with one attached hydrogen (secondary N) is 2. The lowest BCUT2D eigenvalue weighted by atomic mass is 10.2. The summed E-state index contributed by atoms with van der Waals surface area (Å²) in [5.41, 5.74) is 1.05. The molecule has 0 radical (unpaired) electrons. The van der Waals surface area contributed by atoms with Gasteiger partial charge >= 0.3 is 0 Å². The molecule has 16 heavy (non-hydrogen) atoms. The molecular formula is C11H18N4O. The van der Waals surface area contributed by atoms with Gasteiger partial charge in [-0.05, 0) is 6.42 Å². The molecule has 0 aromatic carbocycles. The van der Waals surface area contributed by atoms with Crippen LogP contribution in [0, 0.1) is 0 Å². The van der Waals surface area contributed by atoms with Gasteiger partial charge in [-0.25, -0.2) is 9.97 Å². The van der Waals surface area contributed by atoms with Crippen LogP contribution in [0.5, 0.6) is 0 Å². The summed E-state index contributed by atoms with van der Waals surface area (Å²) >= 11 is 0. The number of anilines is 1. The van der Waals surface area contributed by atoms with Crippen molar-refractivity contribution >= 4 is 5.82 Å². The maximum atomic E-state index is 5.38. The average molecular weight is 222 g/mol. The fraction of sp³-hybridized carbons (Fsp3) is 0.636. The summed E-state index contributed by atoms with van der Waals surface area (Å²) in [4.78, 5) is 8.39. The quantitative estimate of drug-likeness (QED) is 0.774. The maximum absolute atomic E-state index is 5.38. The van der Waals surface area contributed by atoms with Crippen LogP contribution in [0.3, 0.4) is 0 Å². The van der Waals surface area contributed by atoms with Gasteiger partial charge in [0.2, 0.25) is 0 Å². The van der Waals surface area contributed by atoms with Crippen LogP contribution in [0.2, 0.25) is 0 Å². The van der Waals surface area contributed by atoms with E-state index in [1.165, 1.54) is 0 Å². The van der Waals surface area contributed by atoms with E-state index in [-0.39, 0.29) is 12.1 Å². The van der Waals surface area contributed by atoms with Crippen LogP contribution < -0.4 is 10.6 Å². The highest BCUT2D eigenvalue weighted by molar-refractivity contribution is 5.37. The number of hydrogen-bond donors (Lipinski definition) is 2. The summed E-state index contributed by atoms with van der Waals surface area (Å²) in [5, 5.41) is 6.67. The minimum Gasteiger partial charge on any atom is -0.378 e. The van der Waals surface area contributed by atoms with Crippen molar-refractivity contribution in [1.29, 1.82) is 0 Å². The maximum Gasteiger partial charge on any atom is 0.129 e. The summed E-state index contributed by atoms with van der Waals surface area (Å²) in [5.74, 6) is 0.877.